The molecule has 0 aliphatic carbocycles. The molecule has 3 heteroatoms. The topological polar surface area (TPSA) is 18.5 Å². The molecule has 2 aliphatic heterocycles. The second-order valence-electron chi connectivity index (χ2n) is 6.92. The zero-order valence-corrected chi connectivity index (χ0v) is 13.2. The van der Waals surface area contributed by atoms with Gasteiger partial charge in [0.1, 0.15) is 0 Å². The Morgan fingerprint density at radius 3 is 2.79 bits per heavy atom. The normalized spacial score (nSPS) is 26.8. The van der Waals surface area contributed by atoms with Crippen LogP contribution in [0.25, 0.3) is 0 Å². The van der Waals surface area contributed by atoms with Crippen molar-refractivity contribution in [2.45, 2.75) is 58.5 Å². The van der Waals surface area contributed by atoms with Crippen molar-refractivity contribution in [2.24, 2.45) is 5.92 Å². The summed E-state index contributed by atoms with van der Waals surface area (Å²) in [5.41, 5.74) is 0. The highest BCUT2D eigenvalue weighted by Crippen LogP contribution is 2.23. The van der Waals surface area contributed by atoms with Crippen molar-refractivity contribution in [3.63, 3.8) is 0 Å². The highest BCUT2D eigenvalue weighted by atomic mass is 15.3. The molecular weight excluding hydrogens is 234 g/mol. The van der Waals surface area contributed by atoms with Gasteiger partial charge in [-0.05, 0) is 58.2 Å². The third kappa shape index (κ3) is 4.73. The Bertz CT molecular complexity index is 254. The molecule has 112 valence electrons. The molecule has 2 fully saturated rings. The third-order valence-electron chi connectivity index (χ3n) is 4.77. The largest absolute Gasteiger partial charge is 0.316 e. The van der Waals surface area contributed by atoms with Gasteiger partial charge in [0.2, 0.25) is 0 Å². The number of piperazine rings is 1. The van der Waals surface area contributed by atoms with E-state index in [0.717, 1.165) is 24.5 Å². The van der Waals surface area contributed by atoms with Crippen molar-refractivity contribution in [1.82, 2.24) is 15.1 Å². The summed E-state index contributed by atoms with van der Waals surface area (Å²) in [6, 6.07) is 1.64. The predicted molar refractivity (Wildman–Crippen MR) is 82.6 cm³/mol. The monoisotopic (exact) mass is 267 g/mol. The lowest BCUT2D eigenvalue weighted by atomic mass is 10.1. The van der Waals surface area contributed by atoms with Crippen molar-refractivity contribution in [1.29, 1.82) is 0 Å². The number of fused-ring (bicyclic) bond motifs is 1. The van der Waals surface area contributed by atoms with Crippen LogP contribution in [0.4, 0.5) is 0 Å². The highest BCUT2D eigenvalue weighted by Gasteiger charge is 2.31. The minimum Gasteiger partial charge on any atom is -0.316 e. The zero-order valence-electron chi connectivity index (χ0n) is 13.2. The van der Waals surface area contributed by atoms with Gasteiger partial charge in [-0.25, -0.2) is 0 Å². The number of rotatable bonds is 7. The second kappa shape index (κ2) is 7.61. The molecule has 2 saturated heterocycles. The van der Waals surface area contributed by atoms with E-state index in [2.05, 4.69) is 35.9 Å². The van der Waals surface area contributed by atoms with Gasteiger partial charge in [-0.2, -0.15) is 0 Å². The summed E-state index contributed by atoms with van der Waals surface area (Å²) in [6.45, 7) is 14.6. The molecule has 1 N–H and O–H groups in total. The Kier molecular flexibility index (Phi) is 6.11. The first-order chi connectivity index (χ1) is 9.16. The molecule has 2 rings (SSSR count). The fourth-order valence-corrected chi connectivity index (χ4v) is 3.51. The van der Waals surface area contributed by atoms with Gasteiger partial charge in [-0.1, -0.05) is 13.8 Å². The molecular formula is C16H33N3. The van der Waals surface area contributed by atoms with Crippen LogP contribution in [0.2, 0.25) is 0 Å². The highest BCUT2D eigenvalue weighted by molar-refractivity contribution is 4.88. The molecule has 0 amide bonds. The van der Waals surface area contributed by atoms with Crippen LogP contribution in [-0.2, 0) is 0 Å². The van der Waals surface area contributed by atoms with Crippen LogP contribution in [0.5, 0.6) is 0 Å². The molecule has 2 unspecified atom stereocenters. The summed E-state index contributed by atoms with van der Waals surface area (Å²) in [6.07, 6.45) is 5.52. The number of hydrogen-bond donors (Lipinski definition) is 1. The Hall–Kier alpha value is -0.120. The lowest BCUT2D eigenvalue weighted by Crippen LogP contribution is -2.52. The number of hydrogen-bond acceptors (Lipinski definition) is 3. The minimum absolute atomic E-state index is 0.767. The average Bonchev–Trinajstić information content (AvgIpc) is 2.84. The van der Waals surface area contributed by atoms with Gasteiger partial charge in [0.25, 0.3) is 0 Å². The van der Waals surface area contributed by atoms with E-state index in [4.69, 9.17) is 0 Å². The van der Waals surface area contributed by atoms with Crippen molar-refractivity contribution in [3.05, 3.63) is 0 Å². The maximum absolute atomic E-state index is 3.55. The van der Waals surface area contributed by atoms with Crippen LogP contribution in [0, 0.1) is 5.92 Å². The van der Waals surface area contributed by atoms with Crippen LogP contribution in [0.1, 0.15) is 46.5 Å². The molecule has 0 saturated carbocycles. The fraction of sp³-hybridized carbons (Fsp3) is 1.00. The third-order valence-corrected chi connectivity index (χ3v) is 4.77. The van der Waals surface area contributed by atoms with E-state index in [1.807, 2.05) is 0 Å². The van der Waals surface area contributed by atoms with Crippen LogP contribution in [0.15, 0.2) is 0 Å². The van der Waals surface area contributed by atoms with Crippen LogP contribution < -0.4 is 5.32 Å². The Labute approximate surface area is 119 Å². The molecule has 0 aromatic carbocycles. The number of nitrogens with zero attached hydrogens (tertiary/aromatic N) is 2. The lowest BCUT2D eigenvalue weighted by molar-refractivity contribution is 0.0736. The first kappa shape index (κ1) is 15.3. The van der Waals surface area contributed by atoms with Crippen molar-refractivity contribution in [3.8, 4) is 0 Å². The van der Waals surface area contributed by atoms with Gasteiger partial charge in [0, 0.05) is 31.7 Å². The van der Waals surface area contributed by atoms with Crippen LogP contribution in [0.3, 0.4) is 0 Å². The molecule has 0 aromatic rings. The summed E-state index contributed by atoms with van der Waals surface area (Å²) >= 11 is 0. The predicted octanol–water partition coefficient (Wildman–Crippen LogP) is 2.18. The van der Waals surface area contributed by atoms with E-state index >= 15 is 0 Å². The molecule has 2 atom stereocenters. The van der Waals surface area contributed by atoms with Gasteiger partial charge in [0.05, 0.1) is 0 Å². The zero-order chi connectivity index (χ0) is 13.7. The summed E-state index contributed by atoms with van der Waals surface area (Å²) < 4.78 is 0. The van der Waals surface area contributed by atoms with Gasteiger partial charge < -0.3 is 5.32 Å². The lowest BCUT2D eigenvalue weighted by Gasteiger charge is -2.40. The van der Waals surface area contributed by atoms with Crippen molar-refractivity contribution >= 4 is 0 Å². The Morgan fingerprint density at radius 2 is 2.00 bits per heavy atom. The van der Waals surface area contributed by atoms with E-state index in [9.17, 15) is 0 Å². The first-order valence-corrected chi connectivity index (χ1v) is 8.35. The minimum atomic E-state index is 0.767. The van der Waals surface area contributed by atoms with Gasteiger partial charge in [-0.3, -0.25) is 9.80 Å². The quantitative estimate of drug-likeness (QED) is 0.713. The van der Waals surface area contributed by atoms with Gasteiger partial charge >= 0.3 is 0 Å². The first-order valence-electron chi connectivity index (χ1n) is 8.35. The van der Waals surface area contributed by atoms with Crippen molar-refractivity contribution in [2.75, 3.05) is 39.3 Å². The molecule has 0 radical (unpaired) electrons. The van der Waals surface area contributed by atoms with E-state index < -0.39 is 0 Å². The summed E-state index contributed by atoms with van der Waals surface area (Å²) in [5.74, 6) is 0.771. The Balaban J connectivity index is 1.59. The SMILES string of the molecule is CC(C)CNCCCC(C)N1CCN2CCCC2C1. The van der Waals surface area contributed by atoms with Crippen LogP contribution in [-0.4, -0.2) is 61.2 Å². The molecule has 0 aromatic heterocycles. The summed E-state index contributed by atoms with van der Waals surface area (Å²) in [5, 5.41) is 3.55. The van der Waals surface area contributed by atoms with E-state index in [1.165, 1.54) is 58.4 Å². The standard InChI is InChI=1S/C16H33N3/c1-14(2)12-17-8-4-6-15(3)19-11-10-18-9-5-7-16(18)13-19/h14-17H,4-13H2,1-3H3. The molecule has 2 heterocycles. The van der Waals surface area contributed by atoms with E-state index in [0.29, 0.717) is 0 Å². The van der Waals surface area contributed by atoms with Crippen molar-refractivity contribution < 1.29 is 0 Å². The van der Waals surface area contributed by atoms with Gasteiger partial charge in [0.15, 0.2) is 0 Å². The van der Waals surface area contributed by atoms with E-state index in [-0.39, 0.29) is 0 Å². The number of nitrogens with one attached hydrogen (secondary N) is 1. The molecule has 19 heavy (non-hydrogen) atoms. The maximum atomic E-state index is 3.55. The molecule has 0 spiro atoms. The van der Waals surface area contributed by atoms with Gasteiger partial charge in [-0.15, -0.1) is 0 Å². The van der Waals surface area contributed by atoms with E-state index in [1.54, 1.807) is 0 Å². The fourth-order valence-electron chi connectivity index (χ4n) is 3.51. The molecule has 3 nitrogen and oxygen atoms in total. The molecule has 2 aliphatic rings. The summed E-state index contributed by atoms with van der Waals surface area (Å²) in [7, 11) is 0. The summed E-state index contributed by atoms with van der Waals surface area (Å²) in [4.78, 5) is 5.43. The average molecular weight is 267 g/mol. The second-order valence-corrected chi connectivity index (χ2v) is 6.92. The molecule has 0 bridgehead atoms. The Morgan fingerprint density at radius 1 is 1.16 bits per heavy atom. The maximum Gasteiger partial charge on any atom is 0.0224 e. The smallest absolute Gasteiger partial charge is 0.0224 e. The van der Waals surface area contributed by atoms with Crippen LogP contribution >= 0.6 is 0 Å².